The average molecular weight is 1050 g/mol. The van der Waals surface area contributed by atoms with E-state index in [0.29, 0.717) is 48.4 Å². The number of rotatable bonds is 16. The Labute approximate surface area is 444 Å². The first-order valence-corrected chi connectivity index (χ1v) is 26.4. The molecule has 394 valence electrons. The van der Waals surface area contributed by atoms with Crippen LogP contribution in [0.3, 0.4) is 0 Å². The highest BCUT2D eigenvalue weighted by Gasteiger charge is 2.39. The number of carbonyl (C=O) groups is 5. The van der Waals surface area contributed by atoms with Crippen molar-refractivity contribution >= 4 is 63.8 Å². The van der Waals surface area contributed by atoms with E-state index in [1.54, 1.807) is 11.8 Å². The number of nitrogens with zero attached hydrogens (tertiary/aromatic N) is 5. The lowest BCUT2D eigenvalue weighted by Crippen LogP contribution is -2.62. The zero-order valence-corrected chi connectivity index (χ0v) is 45.0. The van der Waals surface area contributed by atoms with Gasteiger partial charge in [-0.3, -0.25) is 19.4 Å². The van der Waals surface area contributed by atoms with E-state index in [1.807, 2.05) is 111 Å². The van der Waals surface area contributed by atoms with Gasteiger partial charge in [-0.1, -0.05) is 147 Å². The lowest BCUT2D eigenvalue weighted by atomic mass is 10.1. The molecule has 4 N–H and O–H groups in total. The van der Waals surface area contributed by atoms with Gasteiger partial charge in [0.1, 0.15) is 35.8 Å². The Morgan fingerprint density at radius 1 is 0.649 bits per heavy atom. The zero-order chi connectivity index (χ0) is 53.2. The van der Waals surface area contributed by atoms with Crippen LogP contribution in [0.5, 0.6) is 0 Å². The highest BCUT2D eigenvalue weighted by Crippen LogP contribution is 2.30. The van der Waals surface area contributed by atoms with Crippen molar-refractivity contribution in [1.82, 2.24) is 30.3 Å². The average Bonchev–Trinajstić information content (AvgIpc) is 3.80. The molecule has 2 atom stereocenters. The number of ether oxygens (including phenoxy) is 3. The molecule has 2 aliphatic heterocycles. The molecular formula is C56H70N8O8S2. The number of aryl methyl sites for hydroxylation is 3. The minimum Gasteiger partial charge on any atom is -0.456 e. The number of anilines is 1. The zero-order valence-electron chi connectivity index (χ0n) is 43.3. The number of aromatic nitrogens is 1. The van der Waals surface area contributed by atoms with E-state index in [0.717, 1.165) is 47.9 Å². The quantitative estimate of drug-likeness (QED) is 0.0487. The van der Waals surface area contributed by atoms with Crippen molar-refractivity contribution in [2.45, 2.75) is 111 Å². The number of thiocarbonyl (C=S) groups is 1. The van der Waals surface area contributed by atoms with E-state index in [9.17, 15) is 24.0 Å². The van der Waals surface area contributed by atoms with Crippen LogP contribution in [0.25, 0.3) is 0 Å². The maximum atomic E-state index is 13.6. The smallest absolute Gasteiger partial charge is 0.410 e. The molecule has 74 heavy (non-hydrogen) atoms. The number of nitrogens with one attached hydrogen (secondary N) is 2. The van der Waals surface area contributed by atoms with E-state index in [1.165, 1.54) is 32.3 Å². The van der Waals surface area contributed by atoms with Crippen molar-refractivity contribution in [2.24, 2.45) is 5.73 Å². The number of esters is 1. The summed E-state index contributed by atoms with van der Waals surface area (Å²) < 4.78 is 16.6. The van der Waals surface area contributed by atoms with Gasteiger partial charge in [0.2, 0.25) is 11.8 Å². The predicted molar refractivity (Wildman–Crippen MR) is 291 cm³/mol. The first kappa shape index (κ1) is 56.2. The molecule has 0 spiro atoms. The Bertz CT molecular complexity index is 2650. The van der Waals surface area contributed by atoms with Gasteiger partial charge in [0.25, 0.3) is 0 Å². The van der Waals surface area contributed by atoms with Gasteiger partial charge in [0.15, 0.2) is 10.2 Å². The minimum atomic E-state index is -0.810. The molecule has 0 radical (unpaired) electrons. The molecule has 0 bridgehead atoms. The van der Waals surface area contributed by atoms with Gasteiger partial charge in [-0.15, -0.1) is 0 Å². The van der Waals surface area contributed by atoms with Crippen LogP contribution < -0.4 is 21.3 Å². The summed E-state index contributed by atoms with van der Waals surface area (Å²) in [6.07, 6.45) is 3.13. The van der Waals surface area contributed by atoms with Gasteiger partial charge in [-0.05, 0) is 86.1 Å². The number of thiazole rings is 1. The summed E-state index contributed by atoms with van der Waals surface area (Å²) in [6.45, 7) is 14.4. The summed E-state index contributed by atoms with van der Waals surface area (Å²) in [7, 11) is 0. The molecule has 3 heterocycles. The standard InChI is InChI=1S/C32H40N4O5S.C24H30N4O3S/c1-6-10-23-13-15-24(16-14-23)19-33-28(37)26-20-35(30-34-22(2)27(42-30)29(38)41-32(3,4)5)17-18-36(26)31(39)40-21-25-11-8-7-9-12-25;1-2-6-18-9-11-19(12-10-18)15-26-22(29)21-16-27(23(25)32)13-14-28(21)24(30)31-17-20-7-4-3-5-8-20/h7-9,11-16,26H,6,10,17-21H2,1-5H3,(H,33,37);3-5,7-12,21H,2,6,13-17H2,1H3,(H2,25,32)(H,26,29)/t26-;21-/m11/s1. The Hall–Kier alpha value is -7.05. The fourth-order valence-corrected chi connectivity index (χ4v) is 9.44. The first-order chi connectivity index (χ1) is 35.5. The first-order valence-electron chi connectivity index (χ1n) is 25.2. The van der Waals surface area contributed by atoms with Crippen molar-refractivity contribution in [3.63, 3.8) is 0 Å². The van der Waals surface area contributed by atoms with Crippen LogP contribution in [0.1, 0.15) is 96.2 Å². The van der Waals surface area contributed by atoms with Crippen molar-refractivity contribution in [2.75, 3.05) is 44.2 Å². The number of carbonyl (C=O) groups excluding carboxylic acids is 5. The minimum absolute atomic E-state index is 0.114. The lowest BCUT2D eigenvalue weighted by molar-refractivity contribution is -0.128. The predicted octanol–water partition coefficient (Wildman–Crippen LogP) is 8.33. The molecule has 1 aromatic heterocycles. The topological polar surface area (TPSA) is 189 Å². The van der Waals surface area contributed by atoms with E-state index in [-0.39, 0.29) is 49.8 Å². The highest BCUT2D eigenvalue weighted by molar-refractivity contribution is 7.80. The van der Waals surface area contributed by atoms with Gasteiger partial charge in [0.05, 0.1) is 5.69 Å². The van der Waals surface area contributed by atoms with E-state index < -0.39 is 35.8 Å². The van der Waals surface area contributed by atoms with Crippen LogP contribution >= 0.6 is 23.6 Å². The maximum absolute atomic E-state index is 13.6. The summed E-state index contributed by atoms with van der Waals surface area (Å²) in [5.41, 5.74) is 12.0. The molecule has 7 rings (SSSR count). The summed E-state index contributed by atoms with van der Waals surface area (Å²) >= 11 is 6.32. The molecule has 4 aromatic carbocycles. The van der Waals surface area contributed by atoms with Crippen molar-refractivity contribution in [3.05, 3.63) is 153 Å². The molecule has 5 aromatic rings. The number of benzene rings is 4. The Morgan fingerprint density at radius 2 is 1.09 bits per heavy atom. The van der Waals surface area contributed by atoms with Gasteiger partial charge < -0.3 is 40.4 Å². The molecule has 18 heteroatoms. The maximum Gasteiger partial charge on any atom is 0.410 e. The highest BCUT2D eigenvalue weighted by atomic mass is 32.1. The van der Waals surface area contributed by atoms with Crippen molar-refractivity contribution in [3.8, 4) is 0 Å². The fourth-order valence-electron chi connectivity index (χ4n) is 8.30. The SMILES string of the molecule is CCCc1ccc(CNC(=O)[C@H]2CN(C(N)=S)CCN2C(=O)OCc2ccccc2)cc1.CCCc1ccc(CNC(=O)[C@H]2CN(c3nc(C)c(C(=O)OC(C)(C)C)s3)CCN2C(=O)OCc2ccccc2)cc1. The van der Waals surface area contributed by atoms with Gasteiger partial charge in [-0.25, -0.2) is 19.4 Å². The largest absolute Gasteiger partial charge is 0.456 e. The second kappa shape index (κ2) is 27.3. The molecule has 0 unspecified atom stereocenters. The van der Waals surface area contributed by atoms with Crippen LogP contribution in [0.2, 0.25) is 0 Å². The number of nitrogens with two attached hydrogens (primary N) is 1. The molecule has 16 nitrogen and oxygen atoms in total. The Kier molecular flexibility index (Phi) is 20.8. The summed E-state index contributed by atoms with van der Waals surface area (Å²) in [6, 6.07) is 33.7. The van der Waals surface area contributed by atoms with Crippen LogP contribution in [0, 0.1) is 6.92 Å². The molecule has 2 saturated heterocycles. The van der Waals surface area contributed by atoms with E-state index >= 15 is 0 Å². The lowest BCUT2D eigenvalue weighted by Gasteiger charge is -2.40. The molecule has 2 aliphatic rings. The van der Waals surface area contributed by atoms with E-state index in [4.69, 9.17) is 32.2 Å². The van der Waals surface area contributed by atoms with Gasteiger partial charge in [0, 0.05) is 52.4 Å². The third kappa shape index (κ3) is 16.7. The molecule has 0 aliphatic carbocycles. The number of piperazine rings is 2. The number of hydrogen-bond acceptors (Lipinski definition) is 12. The third-order valence-corrected chi connectivity index (χ3v) is 13.7. The molecule has 2 fully saturated rings. The van der Waals surface area contributed by atoms with Crippen LogP contribution in [0.15, 0.2) is 109 Å². The Morgan fingerprint density at radius 3 is 1.54 bits per heavy atom. The fraction of sp³-hybridized carbons (Fsp3) is 0.411. The summed E-state index contributed by atoms with van der Waals surface area (Å²) in [5.74, 6) is -0.971. The van der Waals surface area contributed by atoms with Crippen LogP contribution in [-0.2, 0) is 62.9 Å². The van der Waals surface area contributed by atoms with Crippen molar-refractivity contribution in [1.29, 1.82) is 0 Å². The van der Waals surface area contributed by atoms with Crippen LogP contribution in [-0.4, -0.2) is 112 Å². The normalized spacial score (nSPS) is 15.5. The second-order valence-corrected chi connectivity index (χ2v) is 20.6. The van der Waals surface area contributed by atoms with Crippen LogP contribution in [0.4, 0.5) is 14.7 Å². The molecule has 0 saturated carbocycles. The summed E-state index contributed by atoms with van der Waals surface area (Å²) in [4.78, 5) is 77.0. The molecule has 4 amide bonds. The van der Waals surface area contributed by atoms with Gasteiger partial charge in [-0.2, -0.15) is 0 Å². The molecular weight excluding hydrogens is 977 g/mol. The monoisotopic (exact) mass is 1050 g/mol. The van der Waals surface area contributed by atoms with Crippen molar-refractivity contribution < 1.29 is 38.2 Å². The summed E-state index contributed by atoms with van der Waals surface area (Å²) in [5, 5.41) is 6.77. The number of hydrogen-bond donors (Lipinski definition) is 3. The number of amides is 4. The third-order valence-electron chi connectivity index (χ3n) is 12.3. The van der Waals surface area contributed by atoms with E-state index in [2.05, 4.69) is 53.7 Å². The second-order valence-electron chi connectivity index (χ2n) is 19.2. The Balaban J connectivity index is 0.000000250. The van der Waals surface area contributed by atoms with Gasteiger partial charge >= 0.3 is 18.2 Å².